The minimum absolute atomic E-state index is 0.219. The molecule has 1 amide bonds. The number of carbonyl (C=O) groups is 1. The lowest BCUT2D eigenvalue weighted by molar-refractivity contribution is 0.101. The molecule has 1 N–H and O–H groups in total. The van der Waals surface area contributed by atoms with Crippen molar-refractivity contribution < 1.29 is 18.3 Å². The predicted octanol–water partition coefficient (Wildman–Crippen LogP) is 2.93. The maximum atomic E-state index is 13.7. The first kappa shape index (κ1) is 13.9. The lowest BCUT2D eigenvalue weighted by Gasteiger charge is -2.07. The highest BCUT2D eigenvalue weighted by Gasteiger charge is 2.15. The number of rotatable bonds is 3. The monoisotopic (exact) mass is 278 g/mol. The maximum Gasteiger partial charge on any atom is 0.277 e. The number of ether oxygens (including phenoxy) is 1. The summed E-state index contributed by atoms with van der Waals surface area (Å²) in [6, 6.07) is 5.14. The van der Waals surface area contributed by atoms with Crippen LogP contribution < -0.4 is 10.1 Å². The molecule has 0 bridgehead atoms. The molecule has 0 saturated heterocycles. The van der Waals surface area contributed by atoms with E-state index in [-0.39, 0.29) is 17.3 Å². The first-order chi connectivity index (χ1) is 9.51. The average Bonchev–Trinajstić information content (AvgIpc) is 2.42. The average molecular weight is 278 g/mol. The molecule has 0 fully saturated rings. The molecule has 1 aromatic carbocycles. The van der Waals surface area contributed by atoms with Crippen LogP contribution in [0.15, 0.2) is 30.5 Å². The number of hydrogen-bond acceptors (Lipinski definition) is 3. The van der Waals surface area contributed by atoms with Gasteiger partial charge in [-0.15, -0.1) is 0 Å². The van der Waals surface area contributed by atoms with Gasteiger partial charge in [0.25, 0.3) is 5.91 Å². The number of amides is 1. The number of hydrogen-bond donors (Lipinski definition) is 1. The molecule has 4 nitrogen and oxygen atoms in total. The predicted molar refractivity (Wildman–Crippen MR) is 69.8 cm³/mol. The Hall–Kier alpha value is -2.50. The van der Waals surface area contributed by atoms with Gasteiger partial charge >= 0.3 is 0 Å². The minimum atomic E-state index is -0.791. The molecule has 1 aromatic heterocycles. The third-order valence-corrected chi connectivity index (χ3v) is 2.68. The van der Waals surface area contributed by atoms with E-state index in [1.807, 2.05) is 0 Å². The van der Waals surface area contributed by atoms with Crippen molar-refractivity contribution in [3.8, 4) is 5.75 Å². The molecule has 20 heavy (non-hydrogen) atoms. The molecule has 0 saturated carbocycles. The van der Waals surface area contributed by atoms with Gasteiger partial charge in [-0.3, -0.25) is 4.79 Å². The summed E-state index contributed by atoms with van der Waals surface area (Å²) in [5, 5.41) is 2.46. The van der Waals surface area contributed by atoms with Crippen molar-refractivity contribution in [3.05, 3.63) is 53.4 Å². The zero-order chi connectivity index (χ0) is 14.7. The number of nitrogens with one attached hydrogen (secondary N) is 1. The molecular formula is C14H12F2N2O2. The number of aromatic nitrogens is 1. The van der Waals surface area contributed by atoms with Gasteiger partial charge < -0.3 is 10.1 Å². The summed E-state index contributed by atoms with van der Waals surface area (Å²) in [5.74, 6) is -1.66. The Balaban J connectivity index is 2.21. The Morgan fingerprint density at radius 3 is 2.60 bits per heavy atom. The number of nitrogens with zero attached hydrogens (tertiary/aromatic N) is 1. The quantitative estimate of drug-likeness (QED) is 0.939. The zero-order valence-corrected chi connectivity index (χ0v) is 10.9. The number of methoxy groups -OCH3 is 1. The van der Waals surface area contributed by atoms with Gasteiger partial charge in [-0.05, 0) is 30.7 Å². The standard InChI is InChI=1S/C14H12F2N2O2/c1-8-5-9(3-4-11(8)15)18-14(19)13-12(16)6-10(20-2)7-17-13/h3-7H,1-2H3,(H,18,19). The Morgan fingerprint density at radius 1 is 1.25 bits per heavy atom. The van der Waals surface area contributed by atoms with Crippen LogP contribution in [-0.4, -0.2) is 18.0 Å². The molecule has 2 aromatic rings. The highest BCUT2D eigenvalue weighted by atomic mass is 19.1. The summed E-state index contributed by atoms with van der Waals surface area (Å²) in [6.07, 6.45) is 1.24. The van der Waals surface area contributed by atoms with Crippen LogP contribution in [0.5, 0.6) is 5.75 Å². The summed E-state index contributed by atoms with van der Waals surface area (Å²) in [4.78, 5) is 15.6. The SMILES string of the molecule is COc1cnc(C(=O)Nc2ccc(F)c(C)c2)c(F)c1. The van der Waals surface area contributed by atoms with Gasteiger partial charge in [-0.2, -0.15) is 0 Å². The topological polar surface area (TPSA) is 51.2 Å². The van der Waals surface area contributed by atoms with Crippen molar-refractivity contribution in [1.29, 1.82) is 0 Å². The smallest absolute Gasteiger partial charge is 0.277 e. The van der Waals surface area contributed by atoms with E-state index in [0.717, 1.165) is 6.07 Å². The molecule has 0 aliphatic carbocycles. The Kier molecular flexibility index (Phi) is 3.93. The van der Waals surface area contributed by atoms with E-state index >= 15 is 0 Å². The highest BCUT2D eigenvalue weighted by molar-refractivity contribution is 6.03. The number of benzene rings is 1. The summed E-state index contributed by atoms with van der Waals surface area (Å²) < 4.78 is 31.6. The van der Waals surface area contributed by atoms with Crippen molar-refractivity contribution in [2.24, 2.45) is 0 Å². The van der Waals surface area contributed by atoms with Crippen LogP contribution in [0.25, 0.3) is 0 Å². The summed E-state index contributed by atoms with van der Waals surface area (Å²) in [7, 11) is 1.37. The molecule has 0 aliphatic rings. The fourth-order valence-electron chi connectivity index (χ4n) is 1.61. The van der Waals surface area contributed by atoms with E-state index in [1.54, 1.807) is 6.92 Å². The maximum absolute atomic E-state index is 13.7. The largest absolute Gasteiger partial charge is 0.495 e. The third-order valence-electron chi connectivity index (χ3n) is 2.68. The molecule has 104 valence electrons. The van der Waals surface area contributed by atoms with E-state index in [9.17, 15) is 13.6 Å². The van der Waals surface area contributed by atoms with Gasteiger partial charge in [0, 0.05) is 11.8 Å². The van der Waals surface area contributed by atoms with E-state index in [0.29, 0.717) is 11.3 Å². The molecule has 0 atom stereocenters. The van der Waals surface area contributed by atoms with Gasteiger partial charge in [0.05, 0.1) is 13.3 Å². The molecule has 0 unspecified atom stereocenters. The van der Waals surface area contributed by atoms with E-state index < -0.39 is 11.7 Å². The summed E-state index contributed by atoms with van der Waals surface area (Å²) in [6.45, 7) is 1.57. The minimum Gasteiger partial charge on any atom is -0.495 e. The number of carbonyl (C=O) groups excluding carboxylic acids is 1. The fourth-order valence-corrected chi connectivity index (χ4v) is 1.61. The molecule has 2 rings (SSSR count). The molecule has 1 heterocycles. The van der Waals surface area contributed by atoms with Gasteiger partial charge in [0.15, 0.2) is 11.5 Å². The van der Waals surface area contributed by atoms with Gasteiger partial charge in [0.1, 0.15) is 11.6 Å². The van der Waals surface area contributed by atoms with Crippen LogP contribution in [-0.2, 0) is 0 Å². The Labute approximate surface area is 114 Å². The van der Waals surface area contributed by atoms with Crippen molar-refractivity contribution in [1.82, 2.24) is 4.98 Å². The van der Waals surface area contributed by atoms with Gasteiger partial charge in [0.2, 0.25) is 0 Å². The highest BCUT2D eigenvalue weighted by Crippen LogP contribution is 2.17. The number of halogens is 2. The Bertz CT molecular complexity index is 660. The molecule has 0 aliphatic heterocycles. The summed E-state index contributed by atoms with van der Waals surface area (Å²) in [5.41, 5.74) is 0.393. The van der Waals surface area contributed by atoms with Crippen molar-refractivity contribution in [3.63, 3.8) is 0 Å². The zero-order valence-electron chi connectivity index (χ0n) is 10.9. The lowest BCUT2D eigenvalue weighted by Crippen LogP contribution is -2.15. The lowest BCUT2D eigenvalue weighted by atomic mass is 10.2. The van der Waals surface area contributed by atoms with E-state index in [1.165, 1.54) is 31.5 Å². The first-order valence-electron chi connectivity index (χ1n) is 5.78. The molecule has 0 radical (unpaired) electrons. The molecule has 0 spiro atoms. The van der Waals surface area contributed by atoms with Crippen LogP contribution in [0.3, 0.4) is 0 Å². The van der Waals surface area contributed by atoms with Crippen LogP contribution >= 0.6 is 0 Å². The van der Waals surface area contributed by atoms with Crippen LogP contribution in [0.2, 0.25) is 0 Å². The second-order valence-corrected chi connectivity index (χ2v) is 4.12. The number of aryl methyl sites for hydroxylation is 1. The Morgan fingerprint density at radius 2 is 2.00 bits per heavy atom. The second-order valence-electron chi connectivity index (χ2n) is 4.12. The van der Waals surface area contributed by atoms with Crippen molar-refractivity contribution >= 4 is 11.6 Å². The van der Waals surface area contributed by atoms with E-state index in [2.05, 4.69) is 10.3 Å². The van der Waals surface area contributed by atoms with Crippen LogP contribution in [0.1, 0.15) is 16.1 Å². The normalized spacial score (nSPS) is 10.2. The second kappa shape index (κ2) is 5.64. The number of anilines is 1. The van der Waals surface area contributed by atoms with Crippen LogP contribution in [0.4, 0.5) is 14.5 Å². The van der Waals surface area contributed by atoms with Crippen LogP contribution in [0, 0.1) is 18.6 Å². The van der Waals surface area contributed by atoms with E-state index in [4.69, 9.17) is 4.74 Å². The van der Waals surface area contributed by atoms with Crippen molar-refractivity contribution in [2.75, 3.05) is 12.4 Å². The molecule has 6 heteroatoms. The first-order valence-corrected chi connectivity index (χ1v) is 5.78. The fraction of sp³-hybridized carbons (Fsp3) is 0.143. The molecular weight excluding hydrogens is 266 g/mol. The van der Waals surface area contributed by atoms with Crippen molar-refractivity contribution in [2.45, 2.75) is 6.92 Å². The van der Waals surface area contributed by atoms with Gasteiger partial charge in [-0.1, -0.05) is 0 Å². The number of pyridine rings is 1. The van der Waals surface area contributed by atoms with Gasteiger partial charge in [-0.25, -0.2) is 13.8 Å². The third kappa shape index (κ3) is 2.90. The summed E-state index contributed by atoms with van der Waals surface area (Å²) >= 11 is 0.